The third kappa shape index (κ3) is 4.47. The van der Waals surface area contributed by atoms with Gasteiger partial charge in [-0.05, 0) is 36.2 Å². The Labute approximate surface area is 150 Å². The first-order valence-corrected chi connectivity index (χ1v) is 8.15. The summed E-state index contributed by atoms with van der Waals surface area (Å²) in [4.78, 5) is 11.9. The first-order chi connectivity index (χ1) is 12.7. The topological polar surface area (TPSA) is 61.6 Å². The summed E-state index contributed by atoms with van der Waals surface area (Å²) >= 11 is 0. The number of benzene rings is 2. The summed E-state index contributed by atoms with van der Waals surface area (Å²) in [6.45, 7) is 0.00437. The zero-order valence-corrected chi connectivity index (χ0v) is 14.3. The van der Waals surface area contributed by atoms with Crippen LogP contribution in [0.1, 0.15) is 17.7 Å². The van der Waals surface area contributed by atoms with Gasteiger partial charge >= 0.3 is 5.97 Å². The summed E-state index contributed by atoms with van der Waals surface area (Å²) in [7, 11) is 1.59. The number of para-hydroxylation sites is 1. The highest BCUT2D eigenvalue weighted by molar-refractivity contribution is 5.70. The molecule has 0 N–H and O–H groups in total. The molecule has 0 radical (unpaired) electrons. The molecule has 0 spiro atoms. The number of aryl methyl sites for hydroxylation is 1. The number of carbonyl (C=O) groups is 1. The van der Waals surface area contributed by atoms with E-state index < -0.39 is 0 Å². The summed E-state index contributed by atoms with van der Waals surface area (Å²) in [5.74, 6) is 0.474. The van der Waals surface area contributed by atoms with Gasteiger partial charge in [-0.1, -0.05) is 29.4 Å². The van der Waals surface area contributed by atoms with E-state index in [0.717, 1.165) is 11.1 Å². The number of ether oxygens (including phenoxy) is 2. The minimum atomic E-state index is -0.357. The first-order valence-electron chi connectivity index (χ1n) is 8.15. The fraction of sp³-hybridized carbons (Fsp3) is 0.200. The van der Waals surface area contributed by atoms with Gasteiger partial charge in [-0.3, -0.25) is 4.79 Å². The van der Waals surface area contributed by atoms with E-state index in [0.29, 0.717) is 23.6 Å². The van der Waals surface area contributed by atoms with Crippen molar-refractivity contribution in [2.24, 2.45) is 0 Å². The average molecular weight is 355 g/mol. The Morgan fingerprint density at radius 3 is 2.69 bits per heavy atom. The molecule has 0 bridgehead atoms. The molecular weight excluding hydrogens is 337 g/mol. The zero-order valence-electron chi connectivity index (χ0n) is 14.3. The van der Waals surface area contributed by atoms with Gasteiger partial charge < -0.3 is 14.0 Å². The smallest absolute Gasteiger partial charge is 0.306 e. The lowest BCUT2D eigenvalue weighted by molar-refractivity contribution is -0.145. The number of rotatable bonds is 7. The van der Waals surface area contributed by atoms with Gasteiger partial charge in [0.25, 0.3) is 0 Å². The molecule has 0 aliphatic rings. The van der Waals surface area contributed by atoms with Crippen LogP contribution in [0.15, 0.2) is 59.1 Å². The zero-order chi connectivity index (χ0) is 18.4. The number of aromatic nitrogens is 1. The van der Waals surface area contributed by atoms with Crippen LogP contribution in [0.25, 0.3) is 11.3 Å². The molecule has 0 unspecified atom stereocenters. The van der Waals surface area contributed by atoms with Crippen LogP contribution < -0.4 is 4.74 Å². The average Bonchev–Trinajstić information content (AvgIpc) is 3.14. The van der Waals surface area contributed by atoms with Gasteiger partial charge in [0.05, 0.1) is 7.11 Å². The third-order valence-electron chi connectivity index (χ3n) is 3.85. The van der Waals surface area contributed by atoms with Crippen molar-refractivity contribution in [2.75, 3.05) is 7.11 Å². The lowest BCUT2D eigenvalue weighted by Gasteiger charge is -2.04. The Bertz CT molecular complexity index is 874. The summed E-state index contributed by atoms with van der Waals surface area (Å²) in [5, 5.41) is 3.99. The third-order valence-corrected chi connectivity index (χ3v) is 3.85. The maximum atomic E-state index is 12.9. The second-order valence-corrected chi connectivity index (χ2v) is 5.67. The van der Waals surface area contributed by atoms with E-state index in [1.54, 1.807) is 25.3 Å². The van der Waals surface area contributed by atoms with Crippen molar-refractivity contribution >= 4 is 5.97 Å². The van der Waals surface area contributed by atoms with Crippen molar-refractivity contribution < 1.29 is 23.2 Å². The van der Waals surface area contributed by atoms with Crippen molar-refractivity contribution in [1.29, 1.82) is 0 Å². The Kier molecular flexibility index (Phi) is 5.63. The molecule has 3 aromatic rings. The van der Waals surface area contributed by atoms with Crippen molar-refractivity contribution in [1.82, 2.24) is 5.16 Å². The normalized spacial score (nSPS) is 10.5. The molecule has 0 saturated heterocycles. The lowest BCUT2D eigenvalue weighted by atomic mass is 10.1. The number of halogens is 1. The fourth-order valence-corrected chi connectivity index (χ4v) is 2.49. The van der Waals surface area contributed by atoms with Crippen molar-refractivity contribution in [3.8, 4) is 17.0 Å². The van der Waals surface area contributed by atoms with Crippen molar-refractivity contribution in [2.45, 2.75) is 19.4 Å². The van der Waals surface area contributed by atoms with E-state index in [1.165, 1.54) is 12.1 Å². The summed E-state index contributed by atoms with van der Waals surface area (Å²) < 4.78 is 28.6. The highest BCUT2D eigenvalue weighted by Crippen LogP contribution is 2.29. The van der Waals surface area contributed by atoms with Gasteiger partial charge in [-0.2, -0.15) is 0 Å². The lowest BCUT2D eigenvalue weighted by Crippen LogP contribution is -2.05. The molecule has 134 valence electrons. The molecule has 0 aliphatic heterocycles. The van der Waals surface area contributed by atoms with E-state index in [9.17, 15) is 9.18 Å². The molecule has 26 heavy (non-hydrogen) atoms. The van der Waals surface area contributed by atoms with Gasteiger partial charge in [0.15, 0.2) is 12.4 Å². The molecule has 6 heteroatoms. The highest BCUT2D eigenvalue weighted by Gasteiger charge is 2.12. The van der Waals surface area contributed by atoms with E-state index in [-0.39, 0.29) is 24.8 Å². The predicted molar refractivity (Wildman–Crippen MR) is 93.0 cm³/mol. The quantitative estimate of drug-likeness (QED) is 0.596. The van der Waals surface area contributed by atoms with Crippen LogP contribution in [0.3, 0.4) is 0 Å². The van der Waals surface area contributed by atoms with Crippen LogP contribution in [0.2, 0.25) is 0 Å². The van der Waals surface area contributed by atoms with Crippen molar-refractivity contribution in [3.63, 3.8) is 0 Å². The maximum Gasteiger partial charge on any atom is 0.306 e. The Balaban J connectivity index is 1.53. The number of carbonyl (C=O) groups excluding carboxylic acids is 1. The maximum absolute atomic E-state index is 12.9. The molecule has 1 aromatic heterocycles. The molecule has 3 rings (SSSR count). The van der Waals surface area contributed by atoms with Crippen LogP contribution in [0.4, 0.5) is 4.39 Å². The van der Waals surface area contributed by atoms with Crippen LogP contribution in [-0.4, -0.2) is 18.2 Å². The number of esters is 1. The highest BCUT2D eigenvalue weighted by atomic mass is 19.1. The minimum absolute atomic E-state index is 0.00437. The second-order valence-electron chi connectivity index (χ2n) is 5.67. The fourth-order valence-electron chi connectivity index (χ4n) is 2.49. The predicted octanol–water partition coefficient (Wildman–Crippen LogP) is 4.17. The van der Waals surface area contributed by atoms with E-state index in [2.05, 4.69) is 5.16 Å². The first kappa shape index (κ1) is 17.7. The minimum Gasteiger partial charge on any atom is -0.496 e. The molecule has 0 amide bonds. The molecule has 0 atom stereocenters. The molecule has 2 aromatic carbocycles. The Hall–Kier alpha value is -3.15. The summed E-state index contributed by atoms with van der Waals surface area (Å²) in [6, 6.07) is 15.2. The van der Waals surface area contributed by atoms with E-state index in [4.69, 9.17) is 14.0 Å². The van der Waals surface area contributed by atoms with Gasteiger partial charge in [-0.15, -0.1) is 0 Å². The molecule has 5 nitrogen and oxygen atoms in total. The molecule has 0 saturated carbocycles. The SMILES string of the molecule is COc1ccccc1-c1cc(COC(=O)CCc2ccc(F)cc2)on1. The van der Waals surface area contributed by atoms with Crippen LogP contribution in [0.5, 0.6) is 5.75 Å². The van der Waals surface area contributed by atoms with E-state index >= 15 is 0 Å². The molecule has 1 heterocycles. The second kappa shape index (κ2) is 8.29. The summed E-state index contributed by atoms with van der Waals surface area (Å²) in [6.07, 6.45) is 0.696. The van der Waals surface area contributed by atoms with Crippen LogP contribution >= 0.6 is 0 Å². The van der Waals surface area contributed by atoms with Crippen LogP contribution in [-0.2, 0) is 22.6 Å². The molecule has 0 fully saturated rings. The monoisotopic (exact) mass is 355 g/mol. The number of hydrogen-bond acceptors (Lipinski definition) is 5. The van der Waals surface area contributed by atoms with Gasteiger partial charge in [0, 0.05) is 18.1 Å². The van der Waals surface area contributed by atoms with Crippen molar-refractivity contribution in [3.05, 3.63) is 71.7 Å². The molecular formula is C20H18FNO4. The number of hydrogen-bond donors (Lipinski definition) is 0. The van der Waals surface area contributed by atoms with Crippen LogP contribution in [0, 0.1) is 5.82 Å². The summed E-state index contributed by atoms with van der Waals surface area (Å²) in [5.41, 5.74) is 2.29. The number of nitrogens with zero attached hydrogens (tertiary/aromatic N) is 1. The Morgan fingerprint density at radius 2 is 1.92 bits per heavy atom. The largest absolute Gasteiger partial charge is 0.496 e. The van der Waals surface area contributed by atoms with E-state index in [1.807, 2.05) is 24.3 Å². The van der Waals surface area contributed by atoms with Gasteiger partial charge in [0.1, 0.15) is 17.3 Å². The Morgan fingerprint density at radius 1 is 1.15 bits per heavy atom. The standard InChI is InChI=1S/C20H18FNO4/c1-24-19-5-3-2-4-17(19)18-12-16(26-22-18)13-25-20(23)11-8-14-6-9-15(21)10-7-14/h2-7,9-10,12H,8,11,13H2,1H3. The van der Waals surface area contributed by atoms with Gasteiger partial charge in [0.2, 0.25) is 0 Å². The number of methoxy groups -OCH3 is 1. The van der Waals surface area contributed by atoms with Gasteiger partial charge in [-0.25, -0.2) is 4.39 Å². The molecule has 0 aliphatic carbocycles.